The first-order chi connectivity index (χ1) is 13.5. The summed E-state index contributed by atoms with van der Waals surface area (Å²) in [7, 11) is -5.20. The topological polar surface area (TPSA) is 94.8 Å². The number of halogens is 4. The van der Waals surface area contributed by atoms with Gasteiger partial charge in [0.2, 0.25) is 0 Å². The van der Waals surface area contributed by atoms with Crippen LogP contribution in [0.1, 0.15) is 16.7 Å². The number of hydrogen-bond donors (Lipinski definition) is 3. The van der Waals surface area contributed by atoms with Crippen LogP contribution in [0, 0.1) is 0 Å². The molecule has 0 bridgehead atoms. The average molecular weight is 494 g/mol. The van der Waals surface area contributed by atoms with E-state index in [1.54, 1.807) is 0 Å². The highest BCUT2D eigenvalue weighted by Crippen LogP contribution is 2.54. The summed E-state index contributed by atoms with van der Waals surface area (Å²) in [6.07, 6.45) is 0. The fourth-order valence-corrected chi connectivity index (χ4v) is 5.83. The largest absolute Gasteiger partial charge is 0.508 e. The smallest absolute Gasteiger partial charge is 0.283 e. The zero-order valence-corrected chi connectivity index (χ0v) is 18.1. The Morgan fingerprint density at radius 2 is 1.38 bits per heavy atom. The van der Waals surface area contributed by atoms with Gasteiger partial charge < -0.3 is 10.2 Å². The number of phenols is 2. The molecule has 0 heterocycles. The van der Waals surface area contributed by atoms with Crippen molar-refractivity contribution in [1.29, 1.82) is 0 Å². The van der Waals surface area contributed by atoms with E-state index in [2.05, 4.69) is 0 Å². The zero-order chi connectivity index (χ0) is 21.6. The lowest BCUT2D eigenvalue weighted by atomic mass is 9.82. The Morgan fingerprint density at radius 3 is 1.97 bits per heavy atom. The molecule has 0 radical (unpaired) electrons. The van der Waals surface area contributed by atoms with E-state index >= 15 is 0 Å². The molecule has 0 aliphatic carbocycles. The van der Waals surface area contributed by atoms with E-state index < -0.39 is 31.9 Å². The van der Waals surface area contributed by atoms with Crippen LogP contribution in [0.2, 0.25) is 20.1 Å². The molecule has 0 aliphatic rings. The van der Waals surface area contributed by atoms with Gasteiger partial charge in [0, 0.05) is 21.7 Å². The SMILES string of the molecule is O=S(=O)(O)C(c1ccccc1O)(c1cccc(Cl)c1Cl)c1c(O)cc(Cl)cc1Cl. The third-order valence-corrected chi connectivity index (χ3v) is 7.14. The zero-order valence-electron chi connectivity index (χ0n) is 14.3. The molecule has 0 amide bonds. The van der Waals surface area contributed by atoms with Crippen LogP contribution in [0.15, 0.2) is 54.6 Å². The summed E-state index contributed by atoms with van der Waals surface area (Å²) in [5.74, 6) is -1.13. The minimum atomic E-state index is -5.20. The Labute approximate surface area is 186 Å². The average Bonchev–Trinajstić information content (AvgIpc) is 2.60. The molecular formula is C19H12Cl4O5S. The van der Waals surface area contributed by atoms with Crippen molar-refractivity contribution in [2.75, 3.05) is 0 Å². The summed E-state index contributed by atoms with van der Waals surface area (Å²) in [5, 5.41) is 20.7. The van der Waals surface area contributed by atoms with Crippen LogP contribution in [0.4, 0.5) is 0 Å². The molecule has 3 rings (SSSR count). The van der Waals surface area contributed by atoms with Crippen molar-refractivity contribution in [2.45, 2.75) is 4.75 Å². The number of hydrogen-bond acceptors (Lipinski definition) is 4. The number of para-hydroxylation sites is 1. The van der Waals surface area contributed by atoms with Crippen LogP contribution in [0.3, 0.4) is 0 Å². The first-order valence-electron chi connectivity index (χ1n) is 7.90. The van der Waals surface area contributed by atoms with E-state index in [1.165, 1.54) is 48.5 Å². The van der Waals surface area contributed by atoms with E-state index in [4.69, 9.17) is 46.4 Å². The predicted octanol–water partition coefficient (Wildman–Crippen LogP) is 5.89. The van der Waals surface area contributed by atoms with Crippen LogP contribution in [0.25, 0.3) is 0 Å². The fraction of sp³-hybridized carbons (Fsp3) is 0.0526. The van der Waals surface area contributed by atoms with Gasteiger partial charge in [0.15, 0.2) is 4.75 Å². The van der Waals surface area contributed by atoms with Crippen LogP contribution in [0.5, 0.6) is 11.5 Å². The van der Waals surface area contributed by atoms with Crippen LogP contribution >= 0.6 is 46.4 Å². The van der Waals surface area contributed by atoms with Gasteiger partial charge in [-0.2, -0.15) is 8.42 Å². The Bertz CT molecular complexity index is 1190. The minimum absolute atomic E-state index is 0.0165. The lowest BCUT2D eigenvalue weighted by Crippen LogP contribution is -2.39. The molecule has 0 fully saturated rings. The Morgan fingerprint density at radius 1 is 0.759 bits per heavy atom. The Balaban J connectivity index is 2.68. The molecule has 5 nitrogen and oxygen atoms in total. The molecule has 3 aromatic rings. The van der Waals surface area contributed by atoms with Gasteiger partial charge in [-0.3, -0.25) is 4.55 Å². The molecule has 3 N–H and O–H groups in total. The van der Waals surface area contributed by atoms with Crippen molar-refractivity contribution in [3.8, 4) is 11.5 Å². The van der Waals surface area contributed by atoms with Crippen molar-refractivity contribution >= 4 is 56.5 Å². The third kappa shape index (κ3) is 3.54. The van der Waals surface area contributed by atoms with E-state index in [9.17, 15) is 23.2 Å². The third-order valence-electron chi connectivity index (χ3n) is 4.39. The van der Waals surface area contributed by atoms with Crippen LogP contribution in [-0.2, 0) is 14.9 Å². The standard InChI is InChI=1S/C19H12Cl4O5S/c20-10-8-14(22)17(16(25)9-10)19(29(26,27)28,11-4-1-2-7-15(11)24)12-5-3-6-13(21)18(12)23/h1-9,24-25H,(H,26,27,28). The fourth-order valence-electron chi connectivity index (χ4n) is 3.28. The van der Waals surface area contributed by atoms with E-state index in [-0.39, 0.29) is 31.2 Å². The molecule has 0 spiro atoms. The lowest BCUT2D eigenvalue weighted by molar-refractivity contribution is 0.428. The van der Waals surface area contributed by atoms with Crippen molar-refractivity contribution in [2.24, 2.45) is 0 Å². The van der Waals surface area contributed by atoms with Crippen molar-refractivity contribution in [3.63, 3.8) is 0 Å². The second-order valence-corrected chi connectivity index (χ2v) is 9.25. The number of benzene rings is 3. The molecule has 3 aromatic carbocycles. The second-order valence-electron chi connectivity index (χ2n) is 6.06. The number of aromatic hydroxyl groups is 2. The maximum atomic E-state index is 13.0. The van der Waals surface area contributed by atoms with Gasteiger partial charge in [-0.25, -0.2) is 0 Å². The molecule has 152 valence electrons. The molecule has 0 aromatic heterocycles. The molecule has 10 heteroatoms. The first-order valence-corrected chi connectivity index (χ1v) is 10.9. The maximum absolute atomic E-state index is 13.0. The van der Waals surface area contributed by atoms with Crippen LogP contribution < -0.4 is 0 Å². The molecule has 1 unspecified atom stereocenters. The maximum Gasteiger partial charge on any atom is 0.283 e. The lowest BCUT2D eigenvalue weighted by Gasteiger charge is -2.34. The summed E-state index contributed by atoms with van der Waals surface area (Å²) in [6, 6.07) is 11.7. The monoisotopic (exact) mass is 492 g/mol. The summed E-state index contributed by atoms with van der Waals surface area (Å²) in [6.45, 7) is 0. The van der Waals surface area contributed by atoms with Gasteiger partial charge in [-0.1, -0.05) is 76.7 Å². The number of rotatable bonds is 4. The van der Waals surface area contributed by atoms with E-state index in [1.807, 2.05) is 0 Å². The Hall–Kier alpha value is -1.67. The molecule has 0 saturated carbocycles. The van der Waals surface area contributed by atoms with Crippen molar-refractivity contribution < 1.29 is 23.2 Å². The van der Waals surface area contributed by atoms with Crippen molar-refractivity contribution in [1.82, 2.24) is 0 Å². The predicted molar refractivity (Wildman–Crippen MR) is 114 cm³/mol. The minimum Gasteiger partial charge on any atom is -0.508 e. The highest BCUT2D eigenvalue weighted by molar-refractivity contribution is 7.87. The normalized spacial score (nSPS) is 13.8. The summed E-state index contributed by atoms with van der Waals surface area (Å²) >= 11 is 24.6. The van der Waals surface area contributed by atoms with E-state index in [0.29, 0.717) is 0 Å². The molecule has 0 saturated heterocycles. The Kier molecular flexibility index (Phi) is 5.98. The molecule has 29 heavy (non-hydrogen) atoms. The highest BCUT2D eigenvalue weighted by Gasteiger charge is 2.54. The van der Waals surface area contributed by atoms with Gasteiger partial charge >= 0.3 is 0 Å². The first kappa shape index (κ1) is 22.0. The van der Waals surface area contributed by atoms with Crippen LogP contribution in [-0.4, -0.2) is 23.2 Å². The van der Waals surface area contributed by atoms with Gasteiger partial charge in [-0.15, -0.1) is 0 Å². The van der Waals surface area contributed by atoms with Gasteiger partial charge in [0.1, 0.15) is 11.5 Å². The number of phenolic OH excluding ortho intramolecular Hbond substituents is 2. The second kappa shape index (κ2) is 7.87. The van der Waals surface area contributed by atoms with Gasteiger partial charge in [0.25, 0.3) is 10.1 Å². The summed E-state index contributed by atoms with van der Waals surface area (Å²) in [4.78, 5) is 0. The van der Waals surface area contributed by atoms with E-state index in [0.717, 1.165) is 6.07 Å². The van der Waals surface area contributed by atoms with Gasteiger partial charge in [0.05, 0.1) is 15.1 Å². The summed E-state index contributed by atoms with van der Waals surface area (Å²) in [5.41, 5.74) is -0.974. The quantitative estimate of drug-likeness (QED) is 0.311. The van der Waals surface area contributed by atoms with Crippen molar-refractivity contribution in [3.05, 3.63) is 91.4 Å². The molecular weight excluding hydrogens is 482 g/mol. The molecule has 0 aliphatic heterocycles. The van der Waals surface area contributed by atoms with Gasteiger partial charge in [-0.05, 0) is 24.3 Å². The highest BCUT2D eigenvalue weighted by atomic mass is 35.5. The molecule has 1 atom stereocenters. The summed E-state index contributed by atoms with van der Waals surface area (Å²) < 4.78 is 33.9.